The predicted octanol–water partition coefficient (Wildman–Crippen LogP) is 3.94. The maximum absolute atomic E-state index is 13.1. The van der Waals surface area contributed by atoms with E-state index in [9.17, 15) is 13.2 Å². The van der Waals surface area contributed by atoms with Gasteiger partial charge in [-0.25, -0.2) is 13.1 Å². The van der Waals surface area contributed by atoms with Gasteiger partial charge in [-0.3, -0.25) is 4.79 Å². The van der Waals surface area contributed by atoms with E-state index in [0.29, 0.717) is 5.69 Å². The van der Waals surface area contributed by atoms with Gasteiger partial charge in [0.2, 0.25) is 15.9 Å². The Bertz CT molecular complexity index is 1220. The minimum absolute atomic E-state index is 0.0339. The molecule has 31 heavy (non-hydrogen) atoms. The summed E-state index contributed by atoms with van der Waals surface area (Å²) < 4.78 is 31.4. The van der Waals surface area contributed by atoms with Gasteiger partial charge in [-0.1, -0.05) is 36.4 Å². The van der Waals surface area contributed by atoms with E-state index in [0.717, 1.165) is 35.3 Å². The summed E-state index contributed by atoms with van der Waals surface area (Å²) in [4.78, 5) is 13.3. The van der Waals surface area contributed by atoms with Gasteiger partial charge in [0.15, 0.2) is 0 Å². The smallest absolute Gasteiger partial charge is 0.240 e. The molecular formula is C24H24N2O4S. The van der Waals surface area contributed by atoms with Crippen molar-refractivity contribution in [3.05, 3.63) is 78.4 Å². The highest BCUT2D eigenvalue weighted by atomic mass is 32.2. The lowest BCUT2D eigenvalue weighted by Crippen LogP contribution is -2.27. The van der Waals surface area contributed by atoms with Crippen LogP contribution in [0.3, 0.4) is 0 Å². The zero-order chi connectivity index (χ0) is 22.1. The van der Waals surface area contributed by atoms with Crippen molar-refractivity contribution in [1.29, 1.82) is 0 Å². The molecular weight excluding hydrogens is 412 g/mol. The lowest BCUT2D eigenvalue weighted by Gasteiger charge is -2.17. The zero-order valence-corrected chi connectivity index (χ0v) is 18.2. The molecule has 6 nitrogen and oxygen atoms in total. The number of nitrogens with one attached hydrogen (secondary N) is 2. The summed E-state index contributed by atoms with van der Waals surface area (Å²) in [5, 5.41) is 3.05. The topological polar surface area (TPSA) is 84.5 Å². The van der Waals surface area contributed by atoms with Gasteiger partial charge in [-0.15, -0.1) is 0 Å². The fourth-order valence-electron chi connectivity index (χ4n) is 3.66. The predicted molar refractivity (Wildman–Crippen MR) is 121 cm³/mol. The van der Waals surface area contributed by atoms with Gasteiger partial charge in [-0.05, 0) is 73.0 Å². The van der Waals surface area contributed by atoms with Gasteiger partial charge in [0.25, 0.3) is 0 Å². The molecule has 3 aromatic rings. The van der Waals surface area contributed by atoms with E-state index in [1.807, 2.05) is 48.5 Å². The molecule has 0 bridgehead atoms. The largest absolute Gasteiger partial charge is 0.497 e. The van der Waals surface area contributed by atoms with Crippen molar-refractivity contribution in [3.63, 3.8) is 0 Å². The van der Waals surface area contributed by atoms with Crippen molar-refractivity contribution >= 4 is 21.6 Å². The number of amides is 1. The summed E-state index contributed by atoms with van der Waals surface area (Å²) in [7, 11) is -0.479. The molecule has 3 aromatic carbocycles. The van der Waals surface area contributed by atoms with Crippen LogP contribution in [0.4, 0.5) is 5.69 Å². The third-order valence-electron chi connectivity index (χ3n) is 5.69. The van der Waals surface area contributed by atoms with Gasteiger partial charge in [0.05, 0.1) is 17.4 Å². The minimum Gasteiger partial charge on any atom is -0.497 e. The number of methoxy groups -OCH3 is 1. The average molecular weight is 437 g/mol. The van der Waals surface area contributed by atoms with E-state index in [1.165, 1.54) is 7.05 Å². The summed E-state index contributed by atoms with van der Waals surface area (Å²) in [6.07, 6.45) is 1.60. The van der Waals surface area contributed by atoms with Crippen molar-refractivity contribution in [1.82, 2.24) is 4.72 Å². The number of ether oxygens (including phenoxy) is 1. The third kappa shape index (κ3) is 4.19. The molecule has 1 fully saturated rings. The van der Waals surface area contributed by atoms with Gasteiger partial charge >= 0.3 is 0 Å². The fourth-order valence-corrected chi connectivity index (χ4v) is 4.39. The number of carbonyl (C=O) groups excluding carboxylic acids is 1. The standard InChI is InChI=1S/C24H24N2O4S/c1-25-31(28,29)22-11-9-17(10-12-22)18-5-3-7-20(15-18)26-23(27)24(13-14-24)19-6-4-8-21(16-19)30-2/h3-12,15-16,25H,13-14H2,1-2H3,(H,26,27). The molecule has 0 unspecified atom stereocenters. The molecule has 0 aliphatic heterocycles. The first-order valence-electron chi connectivity index (χ1n) is 9.98. The first kappa shape index (κ1) is 21.1. The molecule has 7 heteroatoms. The van der Waals surface area contributed by atoms with Crippen LogP contribution in [0, 0.1) is 0 Å². The van der Waals surface area contributed by atoms with Crippen LogP contribution in [-0.2, 0) is 20.2 Å². The fraction of sp³-hybridized carbons (Fsp3) is 0.208. The van der Waals surface area contributed by atoms with Crippen LogP contribution in [0.2, 0.25) is 0 Å². The average Bonchev–Trinajstić information content (AvgIpc) is 3.62. The number of carbonyl (C=O) groups is 1. The lowest BCUT2D eigenvalue weighted by atomic mass is 9.94. The number of hydrogen-bond acceptors (Lipinski definition) is 4. The van der Waals surface area contributed by atoms with E-state index in [2.05, 4.69) is 10.0 Å². The molecule has 0 atom stereocenters. The van der Waals surface area contributed by atoms with Gasteiger partial charge in [0.1, 0.15) is 5.75 Å². The van der Waals surface area contributed by atoms with Gasteiger partial charge in [0, 0.05) is 5.69 Å². The molecule has 0 spiro atoms. The van der Waals surface area contributed by atoms with Crippen LogP contribution < -0.4 is 14.8 Å². The van der Waals surface area contributed by atoms with E-state index in [4.69, 9.17) is 4.74 Å². The number of rotatable bonds is 7. The van der Waals surface area contributed by atoms with Crippen molar-refractivity contribution in [2.45, 2.75) is 23.2 Å². The highest BCUT2D eigenvalue weighted by Crippen LogP contribution is 2.49. The number of anilines is 1. The molecule has 0 saturated heterocycles. The van der Waals surface area contributed by atoms with E-state index in [-0.39, 0.29) is 10.8 Å². The van der Waals surface area contributed by atoms with Crippen molar-refractivity contribution in [3.8, 4) is 16.9 Å². The second kappa shape index (κ2) is 8.17. The Morgan fingerprint density at radius 2 is 1.65 bits per heavy atom. The number of benzene rings is 3. The Labute approximate surface area is 182 Å². The van der Waals surface area contributed by atoms with Gasteiger partial charge in [-0.2, -0.15) is 0 Å². The van der Waals surface area contributed by atoms with E-state index in [1.54, 1.807) is 31.4 Å². The Kier molecular flexibility index (Phi) is 5.56. The van der Waals surface area contributed by atoms with E-state index < -0.39 is 15.4 Å². The van der Waals surface area contributed by atoms with Crippen LogP contribution in [0.15, 0.2) is 77.7 Å². The van der Waals surface area contributed by atoms with Crippen LogP contribution in [-0.4, -0.2) is 28.5 Å². The van der Waals surface area contributed by atoms with Crippen LogP contribution in [0.1, 0.15) is 18.4 Å². The SMILES string of the molecule is CNS(=O)(=O)c1ccc(-c2cccc(NC(=O)C3(c4cccc(OC)c4)CC3)c2)cc1. The molecule has 4 rings (SSSR count). The third-order valence-corrected chi connectivity index (χ3v) is 7.12. The summed E-state index contributed by atoms with van der Waals surface area (Å²) in [6.45, 7) is 0. The molecule has 1 aliphatic rings. The Morgan fingerprint density at radius 3 is 2.29 bits per heavy atom. The highest BCUT2D eigenvalue weighted by Gasteiger charge is 2.51. The van der Waals surface area contributed by atoms with Crippen LogP contribution in [0.25, 0.3) is 11.1 Å². The summed E-state index contributed by atoms with van der Waals surface area (Å²) in [5.74, 6) is 0.704. The van der Waals surface area contributed by atoms with Crippen LogP contribution in [0.5, 0.6) is 5.75 Å². The molecule has 1 aliphatic carbocycles. The maximum atomic E-state index is 13.1. The summed E-state index contributed by atoms with van der Waals surface area (Å²) in [6, 6.07) is 21.8. The molecule has 0 aromatic heterocycles. The second-order valence-corrected chi connectivity index (χ2v) is 9.47. The molecule has 160 valence electrons. The zero-order valence-electron chi connectivity index (χ0n) is 17.4. The summed E-state index contributed by atoms with van der Waals surface area (Å²) >= 11 is 0. The van der Waals surface area contributed by atoms with Crippen LogP contribution >= 0.6 is 0 Å². The molecule has 1 saturated carbocycles. The first-order valence-corrected chi connectivity index (χ1v) is 11.5. The maximum Gasteiger partial charge on any atom is 0.240 e. The van der Waals surface area contributed by atoms with Crippen molar-refractivity contribution in [2.75, 3.05) is 19.5 Å². The first-order chi connectivity index (χ1) is 14.9. The molecule has 0 heterocycles. The van der Waals surface area contributed by atoms with Gasteiger partial charge < -0.3 is 10.1 Å². The van der Waals surface area contributed by atoms with E-state index >= 15 is 0 Å². The Hall–Kier alpha value is -3.16. The monoisotopic (exact) mass is 436 g/mol. The number of hydrogen-bond donors (Lipinski definition) is 2. The molecule has 0 radical (unpaired) electrons. The Morgan fingerprint density at radius 1 is 0.935 bits per heavy atom. The number of sulfonamides is 1. The normalized spacial score (nSPS) is 14.6. The van der Waals surface area contributed by atoms with Crippen molar-refractivity contribution < 1.29 is 17.9 Å². The second-order valence-electron chi connectivity index (χ2n) is 7.58. The highest BCUT2D eigenvalue weighted by molar-refractivity contribution is 7.89. The lowest BCUT2D eigenvalue weighted by molar-refractivity contribution is -0.118. The Balaban J connectivity index is 1.54. The molecule has 2 N–H and O–H groups in total. The summed E-state index contributed by atoms with van der Waals surface area (Å²) in [5.41, 5.74) is 2.89. The minimum atomic E-state index is -3.48. The molecule has 1 amide bonds. The quantitative estimate of drug-likeness (QED) is 0.588. The van der Waals surface area contributed by atoms with Crippen molar-refractivity contribution in [2.24, 2.45) is 0 Å².